The van der Waals surface area contributed by atoms with Gasteiger partial charge in [-0.25, -0.2) is 4.39 Å². The monoisotopic (exact) mass is 233 g/mol. The van der Waals surface area contributed by atoms with Crippen molar-refractivity contribution >= 4 is 11.8 Å². The van der Waals surface area contributed by atoms with E-state index in [4.69, 9.17) is 10.00 Å². The lowest BCUT2D eigenvalue weighted by Crippen LogP contribution is -2.27. The van der Waals surface area contributed by atoms with E-state index in [1.54, 1.807) is 0 Å². The van der Waals surface area contributed by atoms with E-state index in [-0.39, 0.29) is 23.3 Å². The van der Waals surface area contributed by atoms with Crippen molar-refractivity contribution in [2.24, 2.45) is 0 Å². The molecule has 0 bridgehead atoms. The third-order valence-corrected chi connectivity index (χ3v) is 2.59. The number of fused-ring (bicyclic) bond motifs is 1. The molecule has 0 amide bonds. The zero-order chi connectivity index (χ0) is 12.6. The van der Waals surface area contributed by atoms with Crippen molar-refractivity contribution in [1.29, 1.82) is 5.26 Å². The number of ketones is 1. The summed E-state index contributed by atoms with van der Waals surface area (Å²) in [6.07, 6.45) is -0.374. The van der Waals surface area contributed by atoms with Gasteiger partial charge in [-0.1, -0.05) is 12.1 Å². The molecule has 0 radical (unpaired) electrons. The minimum atomic E-state index is -2.54. The molecule has 1 aliphatic rings. The van der Waals surface area contributed by atoms with Crippen molar-refractivity contribution in [2.45, 2.75) is 19.0 Å². The molecule has 0 aliphatic heterocycles. The van der Waals surface area contributed by atoms with Crippen molar-refractivity contribution < 1.29 is 18.7 Å². The van der Waals surface area contributed by atoms with Gasteiger partial charge in [-0.3, -0.25) is 9.59 Å². The van der Waals surface area contributed by atoms with Crippen molar-refractivity contribution in [3.05, 3.63) is 29.3 Å². The normalized spacial score (nSPS) is 21.8. The first-order valence-electron chi connectivity index (χ1n) is 4.93. The zero-order valence-corrected chi connectivity index (χ0v) is 8.99. The summed E-state index contributed by atoms with van der Waals surface area (Å²) in [5, 5.41) is 8.69. The van der Waals surface area contributed by atoms with Crippen LogP contribution in [-0.2, 0) is 11.2 Å². The fourth-order valence-corrected chi connectivity index (χ4v) is 1.84. The molecule has 0 spiro atoms. The van der Waals surface area contributed by atoms with E-state index in [9.17, 15) is 14.0 Å². The van der Waals surface area contributed by atoms with Crippen LogP contribution in [0.3, 0.4) is 0 Å². The second kappa shape index (κ2) is 3.67. The second-order valence-corrected chi connectivity index (χ2v) is 3.79. The van der Waals surface area contributed by atoms with Gasteiger partial charge < -0.3 is 4.74 Å². The first kappa shape index (κ1) is 11.3. The average Bonchev–Trinajstić information content (AvgIpc) is 2.54. The summed E-state index contributed by atoms with van der Waals surface area (Å²) in [4.78, 5) is 22.5. The van der Waals surface area contributed by atoms with Crippen LogP contribution in [0.4, 0.5) is 4.39 Å². The summed E-state index contributed by atoms with van der Waals surface area (Å²) >= 11 is 0. The number of benzene rings is 1. The van der Waals surface area contributed by atoms with Gasteiger partial charge in [0.2, 0.25) is 5.78 Å². The van der Waals surface area contributed by atoms with Crippen LogP contribution >= 0.6 is 0 Å². The minimum Gasteiger partial charge on any atom is -0.426 e. The Labute approximate surface area is 96.6 Å². The number of Topliss-reactive ketones (excluding diaryl/α,β-unsaturated/α-hetero) is 1. The van der Waals surface area contributed by atoms with Crippen molar-refractivity contribution in [3.63, 3.8) is 0 Å². The number of hydrogen-bond acceptors (Lipinski definition) is 4. The lowest BCUT2D eigenvalue weighted by atomic mass is 10.0. The Morgan fingerprint density at radius 2 is 2.29 bits per heavy atom. The van der Waals surface area contributed by atoms with E-state index >= 15 is 0 Å². The number of alkyl halides is 1. The van der Waals surface area contributed by atoms with Gasteiger partial charge in [0.15, 0.2) is 0 Å². The first-order valence-corrected chi connectivity index (χ1v) is 4.93. The first-order chi connectivity index (χ1) is 7.98. The van der Waals surface area contributed by atoms with Crippen LogP contribution in [-0.4, -0.2) is 17.4 Å². The van der Waals surface area contributed by atoms with Crippen molar-refractivity contribution in [3.8, 4) is 11.8 Å². The summed E-state index contributed by atoms with van der Waals surface area (Å²) in [6.45, 7) is 1.21. The van der Waals surface area contributed by atoms with E-state index in [1.807, 2.05) is 0 Å². The number of ether oxygens (including phenoxy) is 1. The SMILES string of the molecule is CC(=O)Oc1cccc2c1C[C@@](F)(C#N)C2=O. The fraction of sp³-hybridized carbons (Fsp3) is 0.250. The Morgan fingerprint density at radius 3 is 2.88 bits per heavy atom. The molecule has 1 aromatic rings. The molecule has 1 aliphatic carbocycles. The number of nitriles is 1. The number of carbonyl (C=O) groups excluding carboxylic acids is 2. The molecule has 0 fully saturated rings. The zero-order valence-electron chi connectivity index (χ0n) is 8.99. The van der Waals surface area contributed by atoms with E-state index in [2.05, 4.69) is 0 Å². The van der Waals surface area contributed by atoms with Crippen LogP contribution in [0.15, 0.2) is 18.2 Å². The Balaban J connectivity index is 2.52. The summed E-state index contributed by atoms with van der Waals surface area (Å²) in [7, 11) is 0. The smallest absolute Gasteiger partial charge is 0.308 e. The molecule has 0 saturated carbocycles. The largest absolute Gasteiger partial charge is 0.426 e. The molecule has 17 heavy (non-hydrogen) atoms. The number of halogens is 1. The molecule has 0 unspecified atom stereocenters. The van der Waals surface area contributed by atoms with Gasteiger partial charge >= 0.3 is 5.97 Å². The molecule has 86 valence electrons. The van der Waals surface area contributed by atoms with E-state index in [0.29, 0.717) is 0 Å². The standard InChI is InChI=1S/C12H8FNO3/c1-7(15)17-10-4-2-3-8-9(10)5-12(13,6-14)11(8)16/h2-4H,5H2,1H3/t12-/m1/s1. The topological polar surface area (TPSA) is 67.2 Å². The number of esters is 1. The lowest BCUT2D eigenvalue weighted by Gasteiger charge is -2.06. The summed E-state index contributed by atoms with van der Waals surface area (Å²) in [6, 6.07) is 5.73. The van der Waals surface area contributed by atoms with Gasteiger partial charge in [0, 0.05) is 24.5 Å². The molecule has 0 heterocycles. The Kier molecular flexibility index (Phi) is 2.43. The van der Waals surface area contributed by atoms with Crippen LogP contribution in [0.5, 0.6) is 5.75 Å². The molecular weight excluding hydrogens is 225 g/mol. The molecule has 0 N–H and O–H groups in total. The Hall–Kier alpha value is -2.22. The van der Waals surface area contributed by atoms with E-state index in [0.717, 1.165) is 0 Å². The maximum atomic E-state index is 13.9. The third kappa shape index (κ3) is 1.68. The van der Waals surface area contributed by atoms with Crippen LogP contribution in [0.2, 0.25) is 0 Å². The molecule has 1 aromatic carbocycles. The second-order valence-electron chi connectivity index (χ2n) is 3.79. The molecule has 0 saturated heterocycles. The molecular formula is C12H8FNO3. The van der Waals surface area contributed by atoms with Crippen LogP contribution < -0.4 is 4.74 Å². The predicted octanol–water partition coefficient (Wildman–Crippen LogP) is 1.58. The van der Waals surface area contributed by atoms with Crippen LogP contribution in [0.25, 0.3) is 0 Å². The van der Waals surface area contributed by atoms with Gasteiger partial charge in [-0.15, -0.1) is 0 Å². The fourth-order valence-electron chi connectivity index (χ4n) is 1.84. The molecule has 2 rings (SSSR count). The van der Waals surface area contributed by atoms with Crippen LogP contribution in [0, 0.1) is 11.3 Å². The number of carbonyl (C=O) groups is 2. The summed E-state index contributed by atoms with van der Waals surface area (Å²) in [5.41, 5.74) is -2.16. The van der Waals surface area contributed by atoms with Gasteiger partial charge in [-0.05, 0) is 6.07 Å². The van der Waals surface area contributed by atoms with E-state index < -0.39 is 17.4 Å². The summed E-state index contributed by atoms with van der Waals surface area (Å²) in [5.74, 6) is -1.29. The highest BCUT2D eigenvalue weighted by atomic mass is 19.1. The van der Waals surface area contributed by atoms with Crippen molar-refractivity contribution in [2.75, 3.05) is 0 Å². The van der Waals surface area contributed by atoms with Gasteiger partial charge in [0.05, 0.1) is 0 Å². The lowest BCUT2D eigenvalue weighted by molar-refractivity contribution is -0.131. The molecule has 4 nitrogen and oxygen atoms in total. The summed E-state index contributed by atoms with van der Waals surface area (Å²) < 4.78 is 18.8. The third-order valence-electron chi connectivity index (χ3n) is 2.59. The molecule has 1 atom stereocenters. The van der Waals surface area contributed by atoms with Gasteiger partial charge in [-0.2, -0.15) is 5.26 Å². The maximum absolute atomic E-state index is 13.9. The Bertz CT molecular complexity index is 561. The van der Waals surface area contributed by atoms with Gasteiger partial charge in [0.1, 0.15) is 11.8 Å². The minimum absolute atomic E-state index is 0.104. The number of rotatable bonds is 1. The van der Waals surface area contributed by atoms with E-state index in [1.165, 1.54) is 31.2 Å². The highest BCUT2D eigenvalue weighted by Gasteiger charge is 2.48. The molecule has 5 heteroatoms. The predicted molar refractivity (Wildman–Crippen MR) is 55.2 cm³/mol. The number of nitrogens with zero attached hydrogens (tertiary/aromatic N) is 1. The molecule has 0 aromatic heterocycles. The van der Waals surface area contributed by atoms with Crippen LogP contribution in [0.1, 0.15) is 22.8 Å². The quantitative estimate of drug-likeness (QED) is 0.545. The maximum Gasteiger partial charge on any atom is 0.308 e. The average molecular weight is 233 g/mol. The Morgan fingerprint density at radius 1 is 1.59 bits per heavy atom. The highest BCUT2D eigenvalue weighted by Crippen LogP contribution is 2.37. The van der Waals surface area contributed by atoms with Crippen molar-refractivity contribution in [1.82, 2.24) is 0 Å². The van der Waals surface area contributed by atoms with Gasteiger partial charge in [0.25, 0.3) is 5.67 Å². The highest BCUT2D eigenvalue weighted by molar-refractivity contribution is 6.09. The number of hydrogen-bond donors (Lipinski definition) is 0.